The lowest BCUT2D eigenvalue weighted by atomic mass is 10.1. The number of carbonyl (C=O) groups excluding carboxylic acids is 1. The number of rotatable bonds is 4. The molecule has 0 aromatic carbocycles. The average Bonchev–Trinajstić information content (AvgIpc) is 2.37. The fraction of sp³-hybridized carbons (Fsp3) is 0.364. The fourth-order valence-corrected chi connectivity index (χ4v) is 1.52. The maximum Gasteiger partial charge on any atom is 0.358 e. The van der Waals surface area contributed by atoms with E-state index in [4.69, 9.17) is 16.9 Å². The number of aromatic nitrogens is 1. The number of halogens is 3. The predicted octanol–water partition coefficient (Wildman–Crippen LogP) is 2.81. The van der Waals surface area contributed by atoms with E-state index < -0.39 is 23.8 Å². The van der Waals surface area contributed by atoms with Crippen LogP contribution in [0, 0.1) is 11.3 Å². The number of hydrogen-bond donors (Lipinski definition) is 0. The van der Waals surface area contributed by atoms with Crippen LogP contribution in [0.2, 0.25) is 0 Å². The van der Waals surface area contributed by atoms with Gasteiger partial charge in [-0.3, -0.25) is 0 Å². The van der Waals surface area contributed by atoms with Crippen LogP contribution >= 0.6 is 11.6 Å². The predicted molar refractivity (Wildman–Crippen MR) is 59.4 cm³/mol. The van der Waals surface area contributed by atoms with Gasteiger partial charge in [0.1, 0.15) is 11.8 Å². The quantitative estimate of drug-likeness (QED) is 0.625. The Kier molecular flexibility index (Phi) is 4.98. The van der Waals surface area contributed by atoms with E-state index in [1.165, 1.54) is 0 Å². The third kappa shape index (κ3) is 2.93. The number of alkyl halides is 3. The monoisotopic (exact) mass is 274 g/mol. The first-order chi connectivity index (χ1) is 8.54. The molecule has 1 aromatic heterocycles. The average molecular weight is 275 g/mol. The lowest BCUT2D eigenvalue weighted by molar-refractivity contribution is 0.0517. The molecule has 0 radical (unpaired) electrons. The topological polar surface area (TPSA) is 63.0 Å². The molecule has 0 atom stereocenters. The summed E-state index contributed by atoms with van der Waals surface area (Å²) in [5, 5.41) is 8.93. The molecular formula is C11H9ClF2N2O2. The smallest absolute Gasteiger partial charge is 0.358 e. The summed E-state index contributed by atoms with van der Waals surface area (Å²) < 4.78 is 29.9. The summed E-state index contributed by atoms with van der Waals surface area (Å²) in [4.78, 5) is 15.0. The molecule has 4 nitrogen and oxygen atoms in total. The van der Waals surface area contributed by atoms with E-state index in [9.17, 15) is 13.6 Å². The van der Waals surface area contributed by atoms with Crippen LogP contribution in [0.25, 0.3) is 0 Å². The molecule has 1 heterocycles. The van der Waals surface area contributed by atoms with Gasteiger partial charge in [0.25, 0.3) is 6.43 Å². The summed E-state index contributed by atoms with van der Waals surface area (Å²) in [7, 11) is 0. The van der Waals surface area contributed by atoms with Gasteiger partial charge in [0.2, 0.25) is 0 Å². The normalized spacial score (nSPS) is 10.2. The number of ether oxygens (including phenoxy) is 1. The van der Waals surface area contributed by atoms with Gasteiger partial charge in [-0.05, 0) is 18.6 Å². The number of pyridine rings is 1. The Morgan fingerprint density at radius 1 is 1.67 bits per heavy atom. The van der Waals surface area contributed by atoms with Crippen molar-refractivity contribution >= 4 is 17.6 Å². The van der Waals surface area contributed by atoms with Crippen molar-refractivity contribution in [2.45, 2.75) is 19.2 Å². The zero-order valence-corrected chi connectivity index (χ0v) is 10.2. The summed E-state index contributed by atoms with van der Waals surface area (Å²) in [6.45, 7) is 1.61. The highest BCUT2D eigenvalue weighted by Gasteiger charge is 2.22. The van der Waals surface area contributed by atoms with Crippen LogP contribution in [0.3, 0.4) is 0 Å². The summed E-state index contributed by atoms with van der Waals surface area (Å²) >= 11 is 5.57. The minimum atomic E-state index is -2.85. The number of carbonyl (C=O) groups is 1. The Bertz CT molecular complexity index is 501. The van der Waals surface area contributed by atoms with Gasteiger partial charge >= 0.3 is 5.97 Å². The number of nitriles is 1. The maximum absolute atomic E-state index is 12.6. The largest absolute Gasteiger partial charge is 0.461 e. The number of hydrogen-bond acceptors (Lipinski definition) is 4. The van der Waals surface area contributed by atoms with E-state index >= 15 is 0 Å². The van der Waals surface area contributed by atoms with Crippen LogP contribution in [-0.2, 0) is 10.6 Å². The molecule has 7 heteroatoms. The van der Waals surface area contributed by atoms with Crippen LogP contribution in [-0.4, -0.2) is 17.6 Å². The SMILES string of the molecule is CCOC(=O)c1nc(C(F)F)cc(CCl)c1C#N. The van der Waals surface area contributed by atoms with Gasteiger partial charge in [-0.1, -0.05) is 0 Å². The second kappa shape index (κ2) is 6.26. The first kappa shape index (κ1) is 14.3. The zero-order chi connectivity index (χ0) is 13.7. The van der Waals surface area contributed by atoms with E-state index in [-0.39, 0.29) is 23.6 Å². The van der Waals surface area contributed by atoms with Crippen molar-refractivity contribution in [3.63, 3.8) is 0 Å². The highest BCUT2D eigenvalue weighted by Crippen LogP contribution is 2.23. The first-order valence-electron chi connectivity index (χ1n) is 5.00. The molecule has 0 saturated heterocycles. The van der Waals surface area contributed by atoms with Gasteiger partial charge in [-0.15, -0.1) is 11.6 Å². The molecule has 18 heavy (non-hydrogen) atoms. The van der Waals surface area contributed by atoms with Crippen molar-refractivity contribution < 1.29 is 18.3 Å². The van der Waals surface area contributed by atoms with E-state index in [2.05, 4.69) is 9.72 Å². The van der Waals surface area contributed by atoms with Crippen molar-refractivity contribution in [3.8, 4) is 6.07 Å². The molecule has 0 unspecified atom stereocenters. The lowest BCUT2D eigenvalue weighted by Crippen LogP contribution is -2.13. The molecule has 96 valence electrons. The summed E-state index contributed by atoms with van der Waals surface area (Å²) in [5.74, 6) is -1.08. The second-order valence-electron chi connectivity index (χ2n) is 3.20. The van der Waals surface area contributed by atoms with Crippen LogP contribution in [0.1, 0.15) is 40.7 Å². The van der Waals surface area contributed by atoms with E-state index in [1.54, 1.807) is 13.0 Å². The summed E-state index contributed by atoms with van der Waals surface area (Å²) in [6.07, 6.45) is -2.85. The standard InChI is InChI=1S/C11H9ClF2N2O2/c1-2-18-11(17)9-7(5-15)6(4-12)3-8(16-9)10(13)14/h3,10H,2,4H2,1H3. The van der Waals surface area contributed by atoms with Crippen molar-refractivity contribution in [1.82, 2.24) is 4.98 Å². The molecule has 0 aliphatic carbocycles. The minimum Gasteiger partial charge on any atom is -0.461 e. The van der Waals surface area contributed by atoms with Crippen LogP contribution in [0.4, 0.5) is 8.78 Å². The van der Waals surface area contributed by atoms with Gasteiger partial charge in [-0.2, -0.15) is 5.26 Å². The van der Waals surface area contributed by atoms with Crippen molar-refractivity contribution in [2.75, 3.05) is 6.61 Å². The highest BCUT2D eigenvalue weighted by molar-refractivity contribution is 6.17. The molecule has 1 rings (SSSR count). The molecule has 0 N–H and O–H groups in total. The lowest BCUT2D eigenvalue weighted by Gasteiger charge is -2.09. The van der Waals surface area contributed by atoms with Gasteiger partial charge in [0.05, 0.1) is 12.2 Å². The second-order valence-corrected chi connectivity index (χ2v) is 3.46. The Labute approximate surface area is 107 Å². The van der Waals surface area contributed by atoms with Crippen LogP contribution < -0.4 is 0 Å². The zero-order valence-electron chi connectivity index (χ0n) is 9.41. The number of nitrogens with zero attached hydrogens (tertiary/aromatic N) is 2. The molecule has 0 fully saturated rings. The fourth-order valence-electron chi connectivity index (χ4n) is 1.31. The Balaban J connectivity index is 3.41. The minimum absolute atomic E-state index is 0.0560. The van der Waals surface area contributed by atoms with Gasteiger partial charge in [0, 0.05) is 5.88 Å². The Hall–Kier alpha value is -1.74. The van der Waals surface area contributed by atoms with Crippen molar-refractivity contribution in [3.05, 3.63) is 28.6 Å². The van der Waals surface area contributed by atoms with Crippen LogP contribution in [0.15, 0.2) is 6.07 Å². The van der Waals surface area contributed by atoms with Gasteiger partial charge in [0.15, 0.2) is 5.69 Å². The first-order valence-corrected chi connectivity index (χ1v) is 5.53. The van der Waals surface area contributed by atoms with Crippen LogP contribution in [0.5, 0.6) is 0 Å². The summed E-state index contributed by atoms with van der Waals surface area (Å²) in [6, 6.07) is 2.74. The van der Waals surface area contributed by atoms with E-state index in [0.717, 1.165) is 6.07 Å². The molecule has 0 amide bonds. The molecule has 0 saturated carbocycles. The maximum atomic E-state index is 12.6. The summed E-state index contributed by atoms with van der Waals surface area (Å²) in [5.41, 5.74) is -1.03. The van der Waals surface area contributed by atoms with Gasteiger partial charge < -0.3 is 4.74 Å². The Morgan fingerprint density at radius 2 is 2.33 bits per heavy atom. The number of esters is 1. The van der Waals surface area contributed by atoms with Gasteiger partial charge in [-0.25, -0.2) is 18.6 Å². The van der Waals surface area contributed by atoms with Crippen molar-refractivity contribution in [2.24, 2.45) is 0 Å². The van der Waals surface area contributed by atoms with E-state index in [0.29, 0.717) is 0 Å². The molecule has 0 aliphatic rings. The third-order valence-corrected chi connectivity index (χ3v) is 2.36. The molecule has 0 aliphatic heterocycles. The molecular weight excluding hydrogens is 266 g/mol. The molecule has 1 aromatic rings. The van der Waals surface area contributed by atoms with Crippen molar-refractivity contribution in [1.29, 1.82) is 5.26 Å². The van der Waals surface area contributed by atoms with E-state index in [1.807, 2.05) is 0 Å². The molecule has 0 spiro atoms. The third-order valence-electron chi connectivity index (χ3n) is 2.07. The Morgan fingerprint density at radius 3 is 2.78 bits per heavy atom. The highest BCUT2D eigenvalue weighted by atomic mass is 35.5. The molecule has 0 bridgehead atoms.